The van der Waals surface area contributed by atoms with Crippen LogP contribution in [0.4, 0.5) is 0 Å². The molecule has 0 aromatic carbocycles. The zero-order chi connectivity index (χ0) is 15.2. The molecule has 2 saturated heterocycles. The molecule has 3 heterocycles. The molecule has 0 spiro atoms. The van der Waals surface area contributed by atoms with Crippen LogP contribution in [0, 0.1) is 6.92 Å². The topological polar surface area (TPSA) is 95.3 Å². The van der Waals surface area contributed by atoms with Crippen LogP contribution >= 0.6 is 0 Å². The van der Waals surface area contributed by atoms with E-state index in [0.29, 0.717) is 24.0 Å². The summed E-state index contributed by atoms with van der Waals surface area (Å²) < 4.78 is 27.7. The van der Waals surface area contributed by atoms with E-state index in [-0.39, 0.29) is 17.5 Å². The first-order valence-corrected chi connectivity index (χ1v) is 8.89. The second-order valence-electron chi connectivity index (χ2n) is 6.04. The molecule has 8 heteroatoms. The maximum absolute atomic E-state index is 13.0. The molecular weight excluding hydrogens is 290 g/mol. The highest BCUT2D eigenvalue weighted by molar-refractivity contribution is 7.89. The summed E-state index contributed by atoms with van der Waals surface area (Å²) >= 11 is 0. The molecule has 21 heavy (non-hydrogen) atoms. The van der Waals surface area contributed by atoms with Gasteiger partial charge in [-0.05, 0) is 33.2 Å². The van der Waals surface area contributed by atoms with Crippen LogP contribution in [0.3, 0.4) is 0 Å². The van der Waals surface area contributed by atoms with Crippen molar-refractivity contribution in [3.63, 3.8) is 0 Å². The third kappa shape index (κ3) is 2.40. The molecule has 0 amide bonds. The number of hydrogen-bond donors (Lipinski definition) is 2. The number of aromatic amines is 1. The van der Waals surface area contributed by atoms with Gasteiger partial charge in [0, 0.05) is 31.7 Å². The SMILES string of the molecule is Cc1[nH]nc(CN)c1S(=O)(=O)N1CC2CCCN2CC1C. The van der Waals surface area contributed by atoms with Crippen LogP contribution < -0.4 is 5.73 Å². The molecule has 2 aliphatic heterocycles. The fraction of sp³-hybridized carbons (Fsp3) is 0.769. The van der Waals surface area contributed by atoms with Gasteiger partial charge in [-0.3, -0.25) is 10.00 Å². The first-order chi connectivity index (χ1) is 9.95. The lowest BCUT2D eigenvalue weighted by atomic mass is 10.1. The smallest absolute Gasteiger partial charge is 0.247 e. The van der Waals surface area contributed by atoms with E-state index < -0.39 is 10.0 Å². The van der Waals surface area contributed by atoms with Crippen molar-refractivity contribution >= 4 is 10.0 Å². The zero-order valence-corrected chi connectivity index (χ0v) is 13.4. The van der Waals surface area contributed by atoms with Gasteiger partial charge in [0.15, 0.2) is 0 Å². The molecule has 7 nitrogen and oxygen atoms in total. The van der Waals surface area contributed by atoms with E-state index in [9.17, 15) is 8.42 Å². The van der Waals surface area contributed by atoms with Crippen molar-refractivity contribution in [2.75, 3.05) is 19.6 Å². The average Bonchev–Trinajstić information content (AvgIpc) is 3.03. The Morgan fingerprint density at radius 3 is 2.90 bits per heavy atom. The minimum Gasteiger partial charge on any atom is -0.325 e. The number of hydrogen-bond acceptors (Lipinski definition) is 5. The summed E-state index contributed by atoms with van der Waals surface area (Å²) in [6.45, 7) is 6.29. The Hall–Kier alpha value is -0.960. The van der Waals surface area contributed by atoms with Gasteiger partial charge in [-0.1, -0.05) is 0 Å². The van der Waals surface area contributed by atoms with Crippen LogP contribution in [0.5, 0.6) is 0 Å². The fourth-order valence-corrected chi connectivity index (χ4v) is 5.57. The lowest BCUT2D eigenvalue weighted by molar-refractivity contribution is 0.117. The van der Waals surface area contributed by atoms with Crippen LogP contribution in [0.2, 0.25) is 0 Å². The summed E-state index contributed by atoms with van der Waals surface area (Å²) in [4.78, 5) is 2.67. The normalized spacial score (nSPS) is 28.0. The molecule has 2 unspecified atom stereocenters. The maximum Gasteiger partial charge on any atom is 0.247 e. The Morgan fingerprint density at radius 1 is 1.43 bits per heavy atom. The molecule has 2 aliphatic rings. The lowest BCUT2D eigenvalue weighted by Gasteiger charge is -2.41. The summed E-state index contributed by atoms with van der Waals surface area (Å²) in [5.74, 6) is 0. The third-order valence-electron chi connectivity index (χ3n) is 4.60. The highest BCUT2D eigenvalue weighted by Crippen LogP contribution is 2.30. The molecule has 0 bridgehead atoms. The lowest BCUT2D eigenvalue weighted by Crippen LogP contribution is -2.56. The van der Waals surface area contributed by atoms with Crippen LogP contribution in [0.1, 0.15) is 31.2 Å². The van der Waals surface area contributed by atoms with E-state index in [1.807, 2.05) is 6.92 Å². The highest BCUT2D eigenvalue weighted by Gasteiger charge is 2.41. The minimum atomic E-state index is -3.55. The van der Waals surface area contributed by atoms with Crippen molar-refractivity contribution in [3.8, 4) is 0 Å². The molecule has 1 aromatic heterocycles. The Bertz CT molecular complexity index is 627. The molecule has 118 valence electrons. The summed E-state index contributed by atoms with van der Waals surface area (Å²) in [5, 5.41) is 6.77. The Morgan fingerprint density at radius 2 is 2.19 bits per heavy atom. The number of aromatic nitrogens is 2. The van der Waals surface area contributed by atoms with Crippen molar-refractivity contribution in [2.24, 2.45) is 5.73 Å². The summed E-state index contributed by atoms with van der Waals surface area (Å²) in [6, 6.07) is 0.328. The van der Waals surface area contributed by atoms with Gasteiger partial charge < -0.3 is 5.73 Å². The van der Waals surface area contributed by atoms with Gasteiger partial charge >= 0.3 is 0 Å². The van der Waals surface area contributed by atoms with E-state index >= 15 is 0 Å². The fourth-order valence-electron chi connectivity index (χ4n) is 3.56. The number of nitrogens with two attached hydrogens (primary N) is 1. The van der Waals surface area contributed by atoms with Gasteiger partial charge in [0.05, 0.1) is 11.4 Å². The van der Waals surface area contributed by atoms with Gasteiger partial charge in [-0.25, -0.2) is 8.42 Å². The standard InChI is InChI=1S/C13H23N5O2S/c1-9-7-17-5-3-4-11(17)8-18(9)21(19,20)13-10(2)15-16-12(13)6-14/h9,11H,3-8,14H2,1-2H3,(H,15,16). The predicted molar refractivity (Wildman–Crippen MR) is 79.2 cm³/mol. The van der Waals surface area contributed by atoms with Crippen molar-refractivity contribution in [2.45, 2.75) is 50.2 Å². The quantitative estimate of drug-likeness (QED) is 0.821. The van der Waals surface area contributed by atoms with E-state index in [4.69, 9.17) is 5.73 Å². The second-order valence-corrected chi connectivity index (χ2v) is 7.87. The monoisotopic (exact) mass is 313 g/mol. The first kappa shape index (κ1) is 15.0. The molecule has 0 aliphatic carbocycles. The van der Waals surface area contributed by atoms with Gasteiger partial charge in [0.2, 0.25) is 10.0 Å². The molecule has 3 rings (SSSR count). The number of piperazine rings is 1. The third-order valence-corrected chi connectivity index (χ3v) is 6.79. The molecule has 1 aromatic rings. The van der Waals surface area contributed by atoms with Crippen molar-refractivity contribution in [1.82, 2.24) is 19.4 Å². The number of nitrogens with zero attached hydrogens (tertiary/aromatic N) is 3. The van der Waals surface area contributed by atoms with Gasteiger partial charge in [0.1, 0.15) is 4.90 Å². The highest BCUT2D eigenvalue weighted by atomic mass is 32.2. The van der Waals surface area contributed by atoms with Crippen LogP contribution in [-0.4, -0.2) is 59.5 Å². The van der Waals surface area contributed by atoms with Crippen molar-refractivity contribution in [3.05, 3.63) is 11.4 Å². The van der Waals surface area contributed by atoms with Gasteiger partial charge in [-0.2, -0.15) is 9.40 Å². The number of rotatable bonds is 3. The van der Waals surface area contributed by atoms with Crippen LogP contribution in [-0.2, 0) is 16.6 Å². The van der Waals surface area contributed by atoms with E-state index in [0.717, 1.165) is 25.9 Å². The number of aryl methyl sites for hydroxylation is 1. The van der Waals surface area contributed by atoms with Gasteiger partial charge in [0.25, 0.3) is 0 Å². The Kier molecular flexibility index (Phi) is 3.81. The predicted octanol–water partition coefficient (Wildman–Crippen LogP) is 0.0340. The zero-order valence-electron chi connectivity index (χ0n) is 12.5. The second kappa shape index (κ2) is 5.35. The molecule has 3 N–H and O–H groups in total. The summed E-state index contributed by atoms with van der Waals surface area (Å²) in [6.07, 6.45) is 2.23. The Balaban J connectivity index is 1.96. The van der Waals surface area contributed by atoms with Crippen LogP contribution in [0.25, 0.3) is 0 Å². The molecule has 0 radical (unpaired) electrons. The largest absolute Gasteiger partial charge is 0.325 e. The maximum atomic E-state index is 13.0. The van der Waals surface area contributed by atoms with Crippen molar-refractivity contribution < 1.29 is 8.42 Å². The first-order valence-electron chi connectivity index (χ1n) is 7.45. The average molecular weight is 313 g/mol. The number of nitrogens with one attached hydrogen (secondary N) is 1. The van der Waals surface area contributed by atoms with E-state index in [1.54, 1.807) is 11.2 Å². The number of sulfonamides is 1. The number of fused-ring (bicyclic) bond motifs is 1. The summed E-state index contributed by atoms with van der Waals surface area (Å²) in [7, 11) is -3.55. The molecular formula is C13H23N5O2S. The van der Waals surface area contributed by atoms with E-state index in [1.165, 1.54) is 0 Å². The minimum absolute atomic E-state index is 0.0238. The number of H-pyrrole nitrogens is 1. The summed E-state index contributed by atoms with van der Waals surface area (Å²) in [5.41, 5.74) is 6.63. The molecule has 0 saturated carbocycles. The van der Waals surface area contributed by atoms with Gasteiger partial charge in [-0.15, -0.1) is 0 Å². The Labute approximate surface area is 125 Å². The van der Waals surface area contributed by atoms with Crippen molar-refractivity contribution in [1.29, 1.82) is 0 Å². The van der Waals surface area contributed by atoms with E-state index in [2.05, 4.69) is 15.1 Å². The molecule has 2 fully saturated rings. The molecule has 2 atom stereocenters. The van der Waals surface area contributed by atoms with Crippen LogP contribution in [0.15, 0.2) is 4.90 Å².